The minimum Gasteiger partial charge on any atom is -0.377 e. The van der Waals surface area contributed by atoms with E-state index in [1.54, 1.807) is 12.0 Å². The Kier molecular flexibility index (Phi) is 3.44. The summed E-state index contributed by atoms with van der Waals surface area (Å²) >= 11 is 0. The minimum atomic E-state index is -0.380. The van der Waals surface area contributed by atoms with Gasteiger partial charge in [0.05, 0.1) is 6.10 Å². The maximum atomic E-state index is 12.6. The number of hydrogen-bond acceptors (Lipinski definition) is 3. The molecule has 0 radical (unpaired) electrons. The maximum absolute atomic E-state index is 12.6. The van der Waals surface area contributed by atoms with Crippen molar-refractivity contribution >= 4 is 17.5 Å². The summed E-state index contributed by atoms with van der Waals surface area (Å²) in [4.78, 5) is 25.6. The van der Waals surface area contributed by atoms with Crippen LogP contribution in [0.25, 0.3) is 0 Å². The molecule has 0 spiro atoms. The average Bonchev–Trinajstić information content (AvgIpc) is 2.92. The van der Waals surface area contributed by atoms with Gasteiger partial charge in [0.25, 0.3) is 0 Å². The second-order valence-electron chi connectivity index (χ2n) is 5.22. The summed E-state index contributed by atoms with van der Waals surface area (Å²) in [6.07, 6.45) is 1.84. The van der Waals surface area contributed by atoms with Gasteiger partial charge in [0, 0.05) is 31.3 Å². The van der Waals surface area contributed by atoms with E-state index in [1.165, 1.54) is 0 Å². The third-order valence-electron chi connectivity index (χ3n) is 4.03. The van der Waals surface area contributed by atoms with Gasteiger partial charge in [-0.2, -0.15) is 0 Å². The molecule has 2 heterocycles. The second kappa shape index (κ2) is 5.25. The molecule has 0 bridgehead atoms. The smallest absolute Gasteiger partial charge is 0.249 e. The lowest BCUT2D eigenvalue weighted by Crippen LogP contribution is -2.47. The van der Waals surface area contributed by atoms with Crippen LogP contribution in [-0.2, 0) is 14.3 Å². The Hall–Kier alpha value is -1.88. The van der Waals surface area contributed by atoms with Gasteiger partial charge in [-0.1, -0.05) is 18.2 Å². The van der Waals surface area contributed by atoms with Crippen molar-refractivity contribution in [1.29, 1.82) is 0 Å². The highest BCUT2D eigenvalue weighted by atomic mass is 16.5. The Morgan fingerprint density at radius 3 is 2.85 bits per heavy atom. The monoisotopic (exact) mass is 274 g/mol. The summed E-state index contributed by atoms with van der Waals surface area (Å²) in [7, 11) is 1.69. The second-order valence-corrected chi connectivity index (χ2v) is 5.22. The number of nitrogens with one attached hydrogen (secondary N) is 1. The highest BCUT2D eigenvalue weighted by Crippen LogP contribution is 2.36. The van der Waals surface area contributed by atoms with Crippen LogP contribution < -0.4 is 10.2 Å². The number of carbonyl (C=O) groups is 2. The predicted octanol–water partition coefficient (Wildman–Crippen LogP) is 1.39. The Balaban J connectivity index is 1.88. The van der Waals surface area contributed by atoms with E-state index in [9.17, 15) is 9.59 Å². The van der Waals surface area contributed by atoms with Crippen molar-refractivity contribution in [3.8, 4) is 0 Å². The number of carbonyl (C=O) groups excluding carboxylic acids is 2. The van der Waals surface area contributed by atoms with Crippen LogP contribution in [0.1, 0.15) is 30.9 Å². The van der Waals surface area contributed by atoms with Crippen molar-refractivity contribution in [3.63, 3.8) is 0 Å². The van der Waals surface area contributed by atoms with Gasteiger partial charge in [0.15, 0.2) is 0 Å². The molecule has 0 aromatic heterocycles. The van der Waals surface area contributed by atoms with Crippen molar-refractivity contribution < 1.29 is 14.3 Å². The van der Waals surface area contributed by atoms with Crippen LogP contribution in [0, 0.1) is 0 Å². The highest BCUT2D eigenvalue weighted by molar-refractivity contribution is 6.01. The number of methoxy groups -OCH3 is 1. The van der Waals surface area contributed by atoms with Gasteiger partial charge in [0.2, 0.25) is 11.8 Å². The number of para-hydroxylation sites is 1. The summed E-state index contributed by atoms with van der Waals surface area (Å²) in [5, 5.41) is 2.75. The first-order valence-electron chi connectivity index (χ1n) is 6.93. The standard InChI is InChI=1S/C15H18N2O3/c1-20-13-8-9-17(12-5-3-2-4-10(12)13)15(19)11-6-7-14(18)16-11/h2-5,11,13H,6-9H2,1H3,(H,16,18). The zero-order valence-electron chi connectivity index (χ0n) is 11.5. The molecule has 1 saturated heterocycles. The summed E-state index contributed by atoms with van der Waals surface area (Å²) in [5.41, 5.74) is 1.94. The van der Waals surface area contributed by atoms with Crippen LogP contribution in [-0.4, -0.2) is 31.5 Å². The van der Waals surface area contributed by atoms with Gasteiger partial charge < -0.3 is 15.0 Å². The summed E-state index contributed by atoms with van der Waals surface area (Å²) in [6, 6.07) is 7.43. The molecule has 20 heavy (non-hydrogen) atoms. The van der Waals surface area contributed by atoms with E-state index in [2.05, 4.69) is 5.32 Å². The van der Waals surface area contributed by atoms with Crippen LogP contribution in [0.3, 0.4) is 0 Å². The minimum absolute atomic E-state index is 0.0159. The molecule has 5 nitrogen and oxygen atoms in total. The molecule has 1 aromatic rings. The lowest BCUT2D eigenvalue weighted by atomic mass is 9.98. The molecule has 2 aliphatic rings. The van der Waals surface area contributed by atoms with E-state index >= 15 is 0 Å². The van der Waals surface area contributed by atoms with E-state index in [-0.39, 0.29) is 24.0 Å². The van der Waals surface area contributed by atoms with Gasteiger partial charge in [0.1, 0.15) is 6.04 Å². The molecule has 3 rings (SSSR count). The first-order chi connectivity index (χ1) is 9.70. The highest BCUT2D eigenvalue weighted by Gasteiger charge is 2.35. The normalized spacial score (nSPS) is 25.2. The van der Waals surface area contributed by atoms with Crippen molar-refractivity contribution in [1.82, 2.24) is 5.32 Å². The summed E-state index contributed by atoms with van der Waals surface area (Å²) in [5.74, 6) is -0.0544. The number of ether oxygens (including phenoxy) is 1. The van der Waals surface area contributed by atoms with E-state index < -0.39 is 0 Å². The molecule has 1 N–H and O–H groups in total. The predicted molar refractivity (Wildman–Crippen MR) is 74.3 cm³/mol. The fraction of sp³-hybridized carbons (Fsp3) is 0.467. The fourth-order valence-electron chi connectivity index (χ4n) is 2.99. The van der Waals surface area contributed by atoms with Gasteiger partial charge in [-0.3, -0.25) is 9.59 Å². The first-order valence-corrected chi connectivity index (χ1v) is 6.93. The van der Waals surface area contributed by atoms with Crippen LogP contribution in [0.15, 0.2) is 24.3 Å². The van der Waals surface area contributed by atoms with Crippen LogP contribution in [0.4, 0.5) is 5.69 Å². The van der Waals surface area contributed by atoms with Gasteiger partial charge >= 0.3 is 0 Å². The number of nitrogens with zero attached hydrogens (tertiary/aromatic N) is 1. The number of benzene rings is 1. The third-order valence-corrected chi connectivity index (χ3v) is 4.03. The molecule has 2 aliphatic heterocycles. The van der Waals surface area contributed by atoms with Crippen molar-refractivity contribution in [2.75, 3.05) is 18.6 Å². The maximum Gasteiger partial charge on any atom is 0.249 e. The van der Waals surface area contributed by atoms with Crippen LogP contribution in [0.2, 0.25) is 0 Å². The summed E-state index contributed by atoms with van der Waals surface area (Å²) < 4.78 is 5.48. The average molecular weight is 274 g/mol. The number of amides is 2. The Morgan fingerprint density at radius 1 is 1.35 bits per heavy atom. The number of hydrogen-bond donors (Lipinski definition) is 1. The number of rotatable bonds is 2. The Labute approximate surface area is 117 Å². The van der Waals surface area contributed by atoms with Crippen molar-refractivity contribution in [2.24, 2.45) is 0 Å². The molecular formula is C15H18N2O3. The topological polar surface area (TPSA) is 58.6 Å². The van der Waals surface area contributed by atoms with Crippen molar-refractivity contribution in [3.05, 3.63) is 29.8 Å². The largest absolute Gasteiger partial charge is 0.377 e. The number of fused-ring (bicyclic) bond motifs is 1. The zero-order valence-corrected chi connectivity index (χ0v) is 11.5. The molecule has 0 aliphatic carbocycles. The molecule has 106 valence electrons. The van der Waals surface area contributed by atoms with Crippen LogP contribution >= 0.6 is 0 Å². The summed E-state index contributed by atoms with van der Waals surface area (Å²) in [6.45, 7) is 0.626. The van der Waals surface area contributed by atoms with Crippen molar-refractivity contribution in [2.45, 2.75) is 31.4 Å². The molecular weight excluding hydrogens is 256 g/mol. The lowest BCUT2D eigenvalue weighted by molar-refractivity contribution is -0.124. The van der Waals surface area contributed by atoms with Gasteiger partial charge in [-0.25, -0.2) is 0 Å². The molecule has 0 saturated carbocycles. The molecule has 1 fully saturated rings. The molecule has 5 heteroatoms. The fourth-order valence-corrected chi connectivity index (χ4v) is 2.99. The van der Waals surface area contributed by atoms with E-state index in [0.29, 0.717) is 19.4 Å². The van der Waals surface area contributed by atoms with E-state index in [4.69, 9.17) is 4.74 Å². The number of anilines is 1. The first kappa shape index (κ1) is 13.1. The Morgan fingerprint density at radius 2 is 2.15 bits per heavy atom. The van der Waals surface area contributed by atoms with Crippen LogP contribution in [0.5, 0.6) is 0 Å². The van der Waals surface area contributed by atoms with E-state index in [1.807, 2.05) is 24.3 Å². The lowest BCUT2D eigenvalue weighted by Gasteiger charge is -2.34. The van der Waals surface area contributed by atoms with E-state index in [0.717, 1.165) is 17.7 Å². The molecule has 2 amide bonds. The quantitative estimate of drug-likeness (QED) is 0.886. The SMILES string of the molecule is COC1CCN(C(=O)C2CCC(=O)N2)c2ccccc21. The molecule has 2 unspecified atom stereocenters. The Bertz CT molecular complexity index is 544. The molecule has 1 aromatic carbocycles. The molecule has 2 atom stereocenters. The van der Waals surface area contributed by atoms with Gasteiger partial charge in [-0.05, 0) is 18.9 Å². The third kappa shape index (κ3) is 2.18. The zero-order chi connectivity index (χ0) is 14.1. The van der Waals surface area contributed by atoms with Gasteiger partial charge in [-0.15, -0.1) is 0 Å².